The standard InChI is InChI=1S/C16H25NO2S/c1-12-4-5-15(13(2)10-12)16(17-3)11-20(18)14-6-8-19-9-7-14/h4-5,10,14,16-17H,6-9,11H2,1-3H3. The second-order valence-corrected chi connectivity index (χ2v) is 7.32. The molecule has 2 unspecified atom stereocenters. The number of benzene rings is 1. The highest BCUT2D eigenvalue weighted by atomic mass is 32.2. The van der Waals surface area contributed by atoms with E-state index in [0.29, 0.717) is 11.0 Å². The van der Waals surface area contributed by atoms with E-state index in [4.69, 9.17) is 4.74 Å². The highest BCUT2D eigenvalue weighted by Gasteiger charge is 2.23. The van der Waals surface area contributed by atoms with Crippen LogP contribution in [0.25, 0.3) is 0 Å². The molecule has 0 saturated carbocycles. The molecule has 0 bridgehead atoms. The van der Waals surface area contributed by atoms with Gasteiger partial charge in [0, 0.05) is 41.1 Å². The van der Waals surface area contributed by atoms with Gasteiger partial charge in [0.25, 0.3) is 0 Å². The Morgan fingerprint density at radius 1 is 1.35 bits per heavy atom. The maximum atomic E-state index is 12.5. The number of ether oxygens (including phenoxy) is 1. The Bertz CT molecular complexity index is 470. The molecule has 2 atom stereocenters. The van der Waals surface area contributed by atoms with Gasteiger partial charge in [-0.2, -0.15) is 0 Å². The van der Waals surface area contributed by atoms with Crippen molar-refractivity contribution in [1.82, 2.24) is 5.32 Å². The lowest BCUT2D eigenvalue weighted by Gasteiger charge is -2.25. The average molecular weight is 295 g/mol. The predicted octanol–water partition coefficient (Wildman–Crippen LogP) is 2.49. The van der Waals surface area contributed by atoms with Gasteiger partial charge < -0.3 is 10.1 Å². The fourth-order valence-electron chi connectivity index (χ4n) is 2.78. The summed E-state index contributed by atoms with van der Waals surface area (Å²) in [6.45, 7) is 5.74. The number of aryl methyl sites for hydroxylation is 2. The Labute approximate surface area is 124 Å². The maximum absolute atomic E-state index is 12.5. The SMILES string of the molecule is CNC(CS(=O)C1CCOCC1)c1ccc(C)cc1C. The second kappa shape index (κ2) is 7.34. The van der Waals surface area contributed by atoms with Crippen LogP contribution in [0, 0.1) is 13.8 Å². The van der Waals surface area contributed by atoms with Crippen LogP contribution < -0.4 is 5.32 Å². The van der Waals surface area contributed by atoms with Gasteiger partial charge in [0.15, 0.2) is 0 Å². The average Bonchev–Trinajstić information content (AvgIpc) is 2.46. The molecule has 1 heterocycles. The third kappa shape index (κ3) is 3.90. The minimum Gasteiger partial charge on any atom is -0.381 e. The molecule has 1 aromatic rings. The van der Waals surface area contributed by atoms with Gasteiger partial charge in [-0.3, -0.25) is 4.21 Å². The second-order valence-electron chi connectivity index (χ2n) is 5.56. The molecule has 112 valence electrons. The third-order valence-electron chi connectivity index (χ3n) is 4.02. The Balaban J connectivity index is 2.06. The minimum atomic E-state index is -0.793. The van der Waals surface area contributed by atoms with Crippen LogP contribution in [0.15, 0.2) is 18.2 Å². The number of hydrogen-bond acceptors (Lipinski definition) is 3. The van der Waals surface area contributed by atoms with Gasteiger partial charge in [0.2, 0.25) is 0 Å². The van der Waals surface area contributed by atoms with Crippen molar-refractivity contribution in [3.63, 3.8) is 0 Å². The summed E-state index contributed by atoms with van der Waals surface area (Å²) >= 11 is 0. The van der Waals surface area contributed by atoms with E-state index in [-0.39, 0.29) is 6.04 Å². The Morgan fingerprint density at radius 3 is 2.65 bits per heavy atom. The quantitative estimate of drug-likeness (QED) is 0.907. The molecule has 1 saturated heterocycles. The van der Waals surface area contributed by atoms with Gasteiger partial charge in [0.05, 0.1) is 0 Å². The van der Waals surface area contributed by atoms with Crippen molar-refractivity contribution < 1.29 is 8.95 Å². The summed E-state index contributed by atoms with van der Waals surface area (Å²) in [5.74, 6) is 0.686. The van der Waals surface area contributed by atoms with Crippen LogP contribution in [0.4, 0.5) is 0 Å². The van der Waals surface area contributed by atoms with Crippen LogP contribution in [0.1, 0.15) is 35.6 Å². The van der Waals surface area contributed by atoms with E-state index in [2.05, 4.69) is 37.4 Å². The van der Waals surface area contributed by atoms with E-state index in [9.17, 15) is 4.21 Å². The lowest BCUT2D eigenvalue weighted by atomic mass is 10.0. The molecule has 20 heavy (non-hydrogen) atoms. The highest BCUT2D eigenvalue weighted by Crippen LogP contribution is 2.22. The summed E-state index contributed by atoms with van der Waals surface area (Å²) < 4.78 is 17.9. The first-order valence-corrected chi connectivity index (χ1v) is 8.69. The van der Waals surface area contributed by atoms with Crippen LogP contribution in [0.3, 0.4) is 0 Å². The van der Waals surface area contributed by atoms with Crippen molar-refractivity contribution in [2.45, 2.75) is 38.0 Å². The molecule has 4 heteroatoms. The Morgan fingerprint density at radius 2 is 2.05 bits per heavy atom. The fourth-order valence-corrected chi connectivity index (χ4v) is 4.45. The summed E-state index contributed by atoms with van der Waals surface area (Å²) in [4.78, 5) is 0. The molecule has 0 aliphatic carbocycles. The van der Waals surface area contributed by atoms with Crippen molar-refractivity contribution >= 4 is 10.8 Å². The van der Waals surface area contributed by atoms with Crippen molar-refractivity contribution in [1.29, 1.82) is 0 Å². The molecule has 1 aliphatic rings. The van der Waals surface area contributed by atoms with Crippen molar-refractivity contribution in [3.05, 3.63) is 34.9 Å². The molecular weight excluding hydrogens is 270 g/mol. The van der Waals surface area contributed by atoms with Gasteiger partial charge in [-0.05, 0) is 44.9 Å². The maximum Gasteiger partial charge on any atom is 0.0477 e. The van der Waals surface area contributed by atoms with E-state index < -0.39 is 10.8 Å². The molecule has 1 aromatic carbocycles. The first-order valence-electron chi connectivity index (χ1n) is 7.31. The summed E-state index contributed by atoms with van der Waals surface area (Å²) in [5, 5.41) is 3.62. The van der Waals surface area contributed by atoms with Crippen LogP contribution in [-0.4, -0.2) is 35.5 Å². The lowest BCUT2D eigenvalue weighted by Crippen LogP contribution is -2.31. The summed E-state index contributed by atoms with van der Waals surface area (Å²) in [5.41, 5.74) is 3.80. The van der Waals surface area contributed by atoms with Gasteiger partial charge in [0.1, 0.15) is 0 Å². The number of rotatable bonds is 5. The summed E-state index contributed by atoms with van der Waals surface area (Å²) in [6, 6.07) is 6.65. The lowest BCUT2D eigenvalue weighted by molar-refractivity contribution is 0.0992. The molecule has 2 rings (SSSR count). The molecule has 0 amide bonds. The molecule has 1 N–H and O–H groups in total. The van der Waals surface area contributed by atoms with Crippen LogP contribution >= 0.6 is 0 Å². The van der Waals surface area contributed by atoms with E-state index >= 15 is 0 Å². The topological polar surface area (TPSA) is 38.3 Å². The molecule has 1 fully saturated rings. The van der Waals surface area contributed by atoms with Gasteiger partial charge in [-0.1, -0.05) is 23.8 Å². The van der Waals surface area contributed by atoms with Crippen molar-refractivity contribution in [2.75, 3.05) is 26.0 Å². The predicted molar refractivity (Wildman–Crippen MR) is 84.6 cm³/mol. The van der Waals surface area contributed by atoms with Crippen LogP contribution in [0.5, 0.6) is 0 Å². The Hall–Kier alpha value is -0.710. The first-order chi connectivity index (χ1) is 9.61. The van der Waals surface area contributed by atoms with Gasteiger partial charge in [-0.15, -0.1) is 0 Å². The van der Waals surface area contributed by atoms with Crippen LogP contribution in [-0.2, 0) is 15.5 Å². The van der Waals surface area contributed by atoms with Gasteiger partial charge >= 0.3 is 0 Å². The number of hydrogen-bond donors (Lipinski definition) is 1. The molecule has 1 aliphatic heterocycles. The normalized spacial score (nSPS) is 19.8. The Kier molecular flexibility index (Phi) is 5.75. The summed E-state index contributed by atoms with van der Waals surface area (Å²) in [7, 11) is 1.16. The largest absolute Gasteiger partial charge is 0.381 e. The van der Waals surface area contributed by atoms with E-state index in [0.717, 1.165) is 26.1 Å². The minimum absolute atomic E-state index is 0.166. The zero-order valence-corrected chi connectivity index (χ0v) is 13.5. The number of nitrogens with one attached hydrogen (secondary N) is 1. The highest BCUT2D eigenvalue weighted by molar-refractivity contribution is 7.85. The molecule has 0 radical (unpaired) electrons. The fraction of sp³-hybridized carbons (Fsp3) is 0.625. The zero-order chi connectivity index (χ0) is 14.5. The van der Waals surface area contributed by atoms with E-state index in [1.807, 2.05) is 7.05 Å². The van der Waals surface area contributed by atoms with E-state index in [1.165, 1.54) is 16.7 Å². The first kappa shape index (κ1) is 15.7. The van der Waals surface area contributed by atoms with E-state index in [1.54, 1.807) is 0 Å². The summed E-state index contributed by atoms with van der Waals surface area (Å²) in [6.07, 6.45) is 1.85. The van der Waals surface area contributed by atoms with Crippen LogP contribution in [0.2, 0.25) is 0 Å². The third-order valence-corrected chi connectivity index (χ3v) is 5.90. The monoisotopic (exact) mass is 295 g/mol. The van der Waals surface area contributed by atoms with Gasteiger partial charge in [-0.25, -0.2) is 0 Å². The van der Waals surface area contributed by atoms with Crippen molar-refractivity contribution in [2.24, 2.45) is 0 Å². The molecule has 0 spiro atoms. The molecular formula is C16H25NO2S. The smallest absolute Gasteiger partial charge is 0.0477 e. The molecule has 0 aromatic heterocycles. The zero-order valence-electron chi connectivity index (χ0n) is 12.6. The molecule has 3 nitrogen and oxygen atoms in total. The van der Waals surface area contributed by atoms with Crippen molar-refractivity contribution in [3.8, 4) is 0 Å².